The number of morpholine rings is 1. The van der Waals surface area contributed by atoms with Gasteiger partial charge in [-0.15, -0.1) is 0 Å². The summed E-state index contributed by atoms with van der Waals surface area (Å²) in [6.07, 6.45) is 9.19. The Morgan fingerprint density at radius 1 is 1.26 bits per heavy atom. The summed E-state index contributed by atoms with van der Waals surface area (Å²) in [4.78, 5) is 12.3. The van der Waals surface area contributed by atoms with Gasteiger partial charge in [0.15, 0.2) is 0 Å². The van der Waals surface area contributed by atoms with E-state index in [1.165, 1.54) is 0 Å². The van der Waals surface area contributed by atoms with Gasteiger partial charge in [-0.25, -0.2) is 15.9 Å². The highest BCUT2D eigenvalue weighted by molar-refractivity contribution is 5.82. The van der Waals surface area contributed by atoms with Crippen LogP contribution in [-0.2, 0) is 9.53 Å². The van der Waals surface area contributed by atoms with E-state index in [0.29, 0.717) is 13.2 Å². The Kier molecular flexibility index (Phi) is 3.93. The highest BCUT2D eigenvalue weighted by atomic mass is 16.5. The fraction of sp³-hybridized carbons (Fsp3) is 0.615. The molecule has 3 unspecified atom stereocenters. The first-order valence-electron chi connectivity index (χ1n) is 6.82. The van der Waals surface area contributed by atoms with Crippen molar-refractivity contribution in [2.75, 3.05) is 26.3 Å². The number of ether oxygens (including phenoxy) is 1. The minimum Gasteiger partial charge on any atom is -0.379 e. The molecule has 19 heavy (non-hydrogen) atoms. The summed E-state index contributed by atoms with van der Waals surface area (Å²) in [5.41, 5.74) is 9.27. The Labute approximate surface area is 112 Å². The first-order valence-corrected chi connectivity index (χ1v) is 6.82. The molecule has 6 nitrogen and oxygen atoms in total. The molecule has 1 amide bonds. The molecule has 3 N–H and O–H groups in total. The molecule has 0 aromatic rings. The summed E-state index contributed by atoms with van der Waals surface area (Å²) < 4.78 is 5.27. The Hall–Kier alpha value is -1.21. The largest absolute Gasteiger partial charge is 0.379 e. The van der Waals surface area contributed by atoms with Crippen LogP contribution in [0.25, 0.3) is 0 Å². The first-order chi connectivity index (χ1) is 9.34. The lowest BCUT2D eigenvalue weighted by atomic mass is 9.91. The molecular weight excluding hydrogens is 244 g/mol. The van der Waals surface area contributed by atoms with Gasteiger partial charge < -0.3 is 4.74 Å². The van der Waals surface area contributed by atoms with Crippen LogP contribution in [0.2, 0.25) is 0 Å². The topological polar surface area (TPSA) is 65.6 Å². The van der Waals surface area contributed by atoms with E-state index in [9.17, 15) is 4.79 Å². The van der Waals surface area contributed by atoms with Gasteiger partial charge in [0.05, 0.1) is 13.2 Å². The molecule has 2 saturated heterocycles. The van der Waals surface area contributed by atoms with Crippen LogP contribution in [0.1, 0.15) is 6.42 Å². The van der Waals surface area contributed by atoms with Gasteiger partial charge in [0, 0.05) is 25.0 Å². The highest BCUT2D eigenvalue weighted by Gasteiger charge is 2.38. The number of fused-ring (bicyclic) bond motifs is 1. The van der Waals surface area contributed by atoms with Crippen molar-refractivity contribution >= 4 is 5.91 Å². The van der Waals surface area contributed by atoms with Crippen molar-refractivity contribution in [3.05, 3.63) is 24.3 Å². The summed E-state index contributed by atoms with van der Waals surface area (Å²) >= 11 is 0. The fourth-order valence-electron chi connectivity index (χ4n) is 2.74. The Balaban J connectivity index is 1.60. The molecule has 0 radical (unpaired) electrons. The second kappa shape index (κ2) is 5.83. The maximum Gasteiger partial charge on any atom is 0.253 e. The molecule has 104 valence electrons. The number of hydrogen-bond donors (Lipinski definition) is 3. The van der Waals surface area contributed by atoms with Crippen LogP contribution in [0, 0.1) is 5.92 Å². The van der Waals surface area contributed by atoms with Crippen molar-refractivity contribution in [3.63, 3.8) is 0 Å². The average Bonchev–Trinajstić information content (AvgIpc) is 2.69. The van der Waals surface area contributed by atoms with Gasteiger partial charge in [-0.3, -0.25) is 10.2 Å². The summed E-state index contributed by atoms with van der Waals surface area (Å²) in [7, 11) is 0. The first kappa shape index (κ1) is 12.8. The number of rotatable bonds is 2. The normalized spacial score (nSPS) is 34.8. The average molecular weight is 264 g/mol. The molecule has 6 heteroatoms. The maximum absolute atomic E-state index is 12.3. The Bertz CT molecular complexity index is 390. The van der Waals surface area contributed by atoms with E-state index in [1.807, 2.05) is 17.2 Å². The molecule has 2 heterocycles. The summed E-state index contributed by atoms with van der Waals surface area (Å²) in [6.45, 7) is 2.85. The zero-order chi connectivity index (χ0) is 13.1. The van der Waals surface area contributed by atoms with E-state index >= 15 is 0 Å². The lowest BCUT2D eigenvalue weighted by Crippen LogP contribution is -2.54. The second-order valence-corrected chi connectivity index (χ2v) is 5.08. The van der Waals surface area contributed by atoms with Crippen molar-refractivity contribution in [2.45, 2.75) is 18.5 Å². The van der Waals surface area contributed by atoms with Crippen molar-refractivity contribution in [2.24, 2.45) is 5.92 Å². The van der Waals surface area contributed by atoms with E-state index in [4.69, 9.17) is 4.74 Å². The minimum absolute atomic E-state index is 0.0330. The van der Waals surface area contributed by atoms with E-state index < -0.39 is 0 Å². The SMILES string of the molecule is O=C(NN1CCOCC1)C1NNC2C=CC=CCC21. The molecule has 1 aliphatic carbocycles. The minimum atomic E-state index is -0.194. The molecule has 0 saturated carbocycles. The van der Waals surface area contributed by atoms with Gasteiger partial charge >= 0.3 is 0 Å². The predicted octanol–water partition coefficient (Wildman–Crippen LogP) is -0.673. The second-order valence-electron chi connectivity index (χ2n) is 5.08. The zero-order valence-corrected chi connectivity index (χ0v) is 10.8. The molecule has 0 aromatic heterocycles. The molecule has 2 aliphatic heterocycles. The quantitative estimate of drug-likeness (QED) is 0.617. The number of carbonyl (C=O) groups excluding carboxylic acids is 1. The summed E-state index contributed by atoms with van der Waals surface area (Å²) in [5, 5.41) is 1.93. The molecular formula is C13H20N4O2. The molecule has 0 spiro atoms. The third kappa shape index (κ3) is 2.87. The number of carbonyl (C=O) groups is 1. The van der Waals surface area contributed by atoms with Gasteiger partial charge in [-0.1, -0.05) is 24.3 Å². The molecule has 0 aromatic carbocycles. The number of allylic oxidation sites excluding steroid dienone is 3. The summed E-state index contributed by atoms with van der Waals surface area (Å²) in [5.74, 6) is 0.293. The van der Waals surface area contributed by atoms with Gasteiger partial charge in [0.25, 0.3) is 5.91 Å². The van der Waals surface area contributed by atoms with Gasteiger partial charge in [-0.2, -0.15) is 0 Å². The van der Waals surface area contributed by atoms with Crippen LogP contribution in [-0.4, -0.2) is 49.3 Å². The fourth-order valence-corrected chi connectivity index (χ4v) is 2.74. The number of amides is 1. The van der Waals surface area contributed by atoms with Crippen molar-refractivity contribution in [1.82, 2.24) is 21.3 Å². The lowest BCUT2D eigenvalue weighted by molar-refractivity contribution is -0.130. The molecule has 0 bridgehead atoms. The van der Waals surface area contributed by atoms with Crippen LogP contribution >= 0.6 is 0 Å². The Morgan fingerprint density at radius 2 is 2.11 bits per heavy atom. The Morgan fingerprint density at radius 3 is 2.95 bits per heavy atom. The van der Waals surface area contributed by atoms with Gasteiger partial charge in [0.2, 0.25) is 0 Å². The van der Waals surface area contributed by atoms with E-state index in [0.717, 1.165) is 19.5 Å². The van der Waals surface area contributed by atoms with E-state index in [2.05, 4.69) is 28.4 Å². The van der Waals surface area contributed by atoms with Crippen LogP contribution < -0.4 is 16.3 Å². The third-order valence-corrected chi connectivity index (χ3v) is 3.83. The van der Waals surface area contributed by atoms with Crippen molar-refractivity contribution < 1.29 is 9.53 Å². The predicted molar refractivity (Wildman–Crippen MR) is 70.8 cm³/mol. The highest BCUT2D eigenvalue weighted by Crippen LogP contribution is 2.22. The van der Waals surface area contributed by atoms with Crippen LogP contribution in [0.15, 0.2) is 24.3 Å². The molecule has 3 atom stereocenters. The van der Waals surface area contributed by atoms with E-state index in [1.54, 1.807) is 0 Å². The van der Waals surface area contributed by atoms with Crippen molar-refractivity contribution in [3.8, 4) is 0 Å². The number of hydrogen-bond acceptors (Lipinski definition) is 5. The molecule has 3 rings (SSSR count). The van der Waals surface area contributed by atoms with Crippen molar-refractivity contribution in [1.29, 1.82) is 0 Å². The monoisotopic (exact) mass is 264 g/mol. The standard InChI is InChI=1S/C13H20N4O2/c18-13(16-17-6-8-19-9-7-17)12-10-4-2-1-3-5-11(10)14-15-12/h1-3,5,10-12,14-15H,4,6-9H2,(H,16,18). The van der Waals surface area contributed by atoms with Crippen LogP contribution in [0.5, 0.6) is 0 Å². The molecule has 2 fully saturated rings. The number of nitrogens with zero attached hydrogens (tertiary/aromatic N) is 1. The van der Waals surface area contributed by atoms with Gasteiger partial charge in [0.1, 0.15) is 6.04 Å². The number of hydrazine groups is 2. The van der Waals surface area contributed by atoms with Gasteiger partial charge in [-0.05, 0) is 6.42 Å². The lowest BCUT2D eigenvalue weighted by Gasteiger charge is -2.29. The smallest absolute Gasteiger partial charge is 0.253 e. The van der Waals surface area contributed by atoms with E-state index in [-0.39, 0.29) is 23.9 Å². The van der Waals surface area contributed by atoms with Crippen LogP contribution in [0.3, 0.4) is 0 Å². The molecule has 3 aliphatic rings. The zero-order valence-electron chi connectivity index (χ0n) is 10.8. The summed E-state index contributed by atoms with van der Waals surface area (Å²) in [6, 6.07) is 0.0238. The van der Waals surface area contributed by atoms with Crippen LogP contribution in [0.4, 0.5) is 0 Å². The maximum atomic E-state index is 12.3. The third-order valence-electron chi connectivity index (χ3n) is 3.83. The number of nitrogens with one attached hydrogen (secondary N) is 3.